The van der Waals surface area contributed by atoms with Crippen LogP contribution in [-0.4, -0.2) is 64.9 Å². The van der Waals surface area contributed by atoms with Gasteiger partial charge < -0.3 is 24.8 Å². The first-order chi connectivity index (χ1) is 14.3. The van der Waals surface area contributed by atoms with Crippen LogP contribution in [0.3, 0.4) is 0 Å². The highest BCUT2D eigenvalue weighted by atomic mass is 16.5. The summed E-state index contributed by atoms with van der Waals surface area (Å²) in [5.74, 6) is 0.102. The molecule has 0 atom stereocenters. The number of nitrogens with one attached hydrogen (secondary N) is 3. The van der Waals surface area contributed by atoms with Crippen LogP contribution >= 0.6 is 0 Å². The Kier molecular flexibility index (Phi) is 6.77. The Morgan fingerprint density at radius 3 is 2.24 bits per heavy atom. The van der Waals surface area contributed by atoms with Gasteiger partial charge >= 0.3 is 0 Å². The smallest absolute Gasteiger partial charge is 0.279 e. The number of benzene rings is 2. The van der Waals surface area contributed by atoms with Crippen molar-refractivity contribution < 1.29 is 19.3 Å². The van der Waals surface area contributed by atoms with Crippen LogP contribution in [0.25, 0.3) is 0 Å². The van der Waals surface area contributed by atoms with Crippen molar-refractivity contribution in [3.63, 3.8) is 0 Å². The number of rotatable bonds is 6. The number of carbonyl (C=O) groups excluding carboxylic acids is 1. The molecule has 3 N–H and O–H groups in total. The molecule has 6 nitrogen and oxygen atoms in total. The number of morpholine rings is 1. The SMILES string of the molecule is O=C(C[NH+]1CC[NH+](Cc2ccccc2)CC1)Nc1ccc(N2CCOCC2)cc1. The lowest BCUT2D eigenvalue weighted by Gasteiger charge is -2.29. The van der Waals surface area contributed by atoms with E-state index >= 15 is 0 Å². The van der Waals surface area contributed by atoms with Crippen LogP contribution in [0.1, 0.15) is 5.56 Å². The number of anilines is 2. The summed E-state index contributed by atoms with van der Waals surface area (Å²) in [6.45, 7) is 9.36. The Morgan fingerprint density at radius 2 is 1.55 bits per heavy atom. The molecule has 4 rings (SSSR count). The second-order valence-corrected chi connectivity index (χ2v) is 8.03. The average molecular weight is 397 g/mol. The summed E-state index contributed by atoms with van der Waals surface area (Å²) in [5.41, 5.74) is 3.46. The normalized spacial score (nSPS) is 22.3. The molecule has 2 fully saturated rings. The van der Waals surface area contributed by atoms with E-state index in [1.807, 2.05) is 12.1 Å². The minimum absolute atomic E-state index is 0.102. The van der Waals surface area contributed by atoms with E-state index < -0.39 is 0 Å². The number of hydrogen-bond acceptors (Lipinski definition) is 3. The van der Waals surface area contributed by atoms with Crippen molar-refractivity contribution in [3.05, 3.63) is 60.2 Å². The minimum Gasteiger partial charge on any atom is -0.378 e. The Bertz CT molecular complexity index is 767. The van der Waals surface area contributed by atoms with Gasteiger partial charge in [-0.1, -0.05) is 30.3 Å². The summed E-state index contributed by atoms with van der Waals surface area (Å²) in [4.78, 5) is 17.8. The molecule has 29 heavy (non-hydrogen) atoms. The Morgan fingerprint density at radius 1 is 0.897 bits per heavy atom. The molecule has 1 amide bonds. The van der Waals surface area contributed by atoms with E-state index in [2.05, 4.69) is 52.7 Å². The largest absolute Gasteiger partial charge is 0.378 e. The van der Waals surface area contributed by atoms with Crippen LogP contribution in [0.4, 0.5) is 11.4 Å². The maximum absolute atomic E-state index is 12.5. The molecule has 0 unspecified atom stereocenters. The maximum Gasteiger partial charge on any atom is 0.279 e. The van der Waals surface area contributed by atoms with Gasteiger partial charge in [0.05, 0.1) is 13.2 Å². The third-order valence-corrected chi connectivity index (χ3v) is 5.90. The van der Waals surface area contributed by atoms with Gasteiger partial charge in [-0.2, -0.15) is 0 Å². The van der Waals surface area contributed by atoms with Gasteiger partial charge in [0.1, 0.15) is 32.7 Å². The van der Waals surface area contributed by atoms with Crippen molar-refractivity contribution in [1.29, 1.82) is 0 Å². The molecule has 0 bridgehead atoms. The Labute approximate surface area is 173 Å². The van der Waals surface area contributed by atoms with Crippen molar-refractivity contribution in [2.75, 3.05) is 69.2 Å². The fraction of sp³-hybridized carbons (Fsp3) is 0.435. The summed E-state index contributed by atoms with van der Waals surface area (Å²) < 4.78 is 5.40. The first kappa shape index (κ1) is 19.9. The van der Waals surface area contributed by atoms with E-state index in [0.29, 0.717) is 6.54 Å². The third kappa shape index (κ3) is 5.79. The molecule has 0 aromatic heterocycles. The quantitative estimate of drug-likeness (QED) is 0.614. The first-order valence-electron chi connectivity index (χ1n) is 10.7. The third-order valence-electron chi connectivity index (χ3n) is 5.90. The standard InChI is InChI=1S/C23H30N4O2/c28-23(24-21-6-8-22(9-7-21)27-14-16-29-17-15-27)19-26-12-10-25(11-13-26)18-20-4-2-1-3-5-20/h1-9H,10-19H2,(H,24,28)/p+2. The number of nitrogens with zero attached hydrogens (tertiary/aromatic N) is 1. The zero-order chi connectivity index (χ0) is 19.9. The lowest BCUT2D eigenvalue weighted by atomic mass is 10.2. The van der Waals surface area contributed by atoms with Crippen LogP contribution in [0, 0.1) is 0 Å². The summed E-state index contributed by atoms with van der Waals surface area (Å²) >= 11 is 0. The number of quaternary nitrogens is 2. The van der Waals surface area contributed by atoms with Gasteiger partial charge in [-0.3, -0.25) is 4.79 Å². The molecule has 2 saturated heterocycles. The van der Waals surface area contributed by atoms with Gasteiger partial charge in [0.25, 0.3) is 5.91 Å². The molecular weight excluding hydrogens is 364 g/mol. The van der Waals surface area contributed by atoms with Crippen molar-refractivity contribution >= 4 is 17.3 Å². The van der Waals surface area contributed by atoms with Crippen LogP contribution in [0.2, 0.25) is 0 Å². The fourth-order valence-electron chi connectivity index (χ4n) is 4.20. The highest BCUT2D eigenvalue weighted by Crippen LogP contribution is 2.18. The molecular formula is C23H32N4O2+2. The number of piperazine rings is 1. The molecule has 2 heterocycles. The second kappa shape index (κ2) is 9.87. The molecule has 0 aliphatic carbocycles. The first-order valence-corrected chi connectivity index (χ1v) is 10.7. The second-order valence-electron chi connectivity index (χ2n) is 8.03. The van der Waals surface area contributed by atoms with E-state index in [1.165, 1.54) is 16.2 Å². The van der Waals surface area contributed by atoms with Crippen molar-refractivity contribution in [3.8, 4) is 0 Å². The van der Waals surface area contributed by atoms with Gasteiger partial charge in [-0.05, 0) is 24.3 Å². The van der Waals surface area contributed by atoms with Crippen LogP contribution < -0.4 is 20.0 Å². The van der Waals surface area contributed by atoms with Crippen molar-refractivity contribution in [2.45, 2.75) is 6.54 Å². The van der Waals surface area contributed by atoms with Gasteiger partial charge in [0, 0.05) is 30.0 Å². The molecule has 0 radical (unpaired) electrons. The topological polar surface area (TPSA) is 50.5 Å². The predicted octanol–water partition coefficient (Wildman–Crippen LogP) is -0.555. The van der Waals surface area contributed by atoms with Gasteiger partial charge in [0.15, 0.2) is 6.54 Å². The molecule has 2 aliphatic rings. The Hall–Kier alpha value is -2.41. The zero-order valence-corrected chi connectivity index (χ0v) is 17.0. The van der Waals surface area contributed by atoms with Gasteiger partial charge in [0.2, 0.25) is 0 Å². The Balaban J connectivity index is 1.20. The fourth-order valence-corrected chi connectivity index (χ4v) is 4.20. The summed E-state index contributed by atoms with van der Waals surface area (Å²) in [6.07, 6.45) is 0. The van der Waals surface area contributed by atoms with E-state index in [-0.39, 0.29) is 5.91 Å². The molecule has 2 aromatic rings. The average Bonchev–Trinajstić information content (AvgIpc) is 2.77. The molecule has 6 heteroatoms. The predicted molar refractivity (Wildman–Crippen MR) is 115 cm³/mol. The highest BCUT2D eigenvalue weighted by molar-refractivity contribution is 5.91. The number of carbonyl (C=O) groups is 1. The number of ether oxygens (including phenoxy) is 1. The van der Waals surface area contributed by atoms with Crippen LogP contribution in [0.15, 0.2) is 54.6 Å². The molecule has 0 spiro atoms. The summed E-state index contributed by atoms with van der Waals surface area (Å²) in [5, 5.41) is 3.06. The molecule has 2 aromatic carbocycles. The molecule has 2 aliphatic heterocycles. The molecule has 154 valence electrons. The van der Waals surface area contributed by atoms with Gasteiger partial charge in [-0.15, -0.1) is 0 Å². The van der Waals surface area contributed by atoms with E-state index in [9.17, 15) is 4.79 Å². The molecule has 0 saturated carbocycles. The number of amides is 1. The monoisotopic (exact) mass is 396 g/mol. The van der Waals surface area contributed by atoms with E-state index in [1.54, 1.807) is 4.90 Å². The lowest BCUT2D eigenvalue weighted by Crippen LogP contribution is -3.28. The van der Waals surface area contributed by atoms with Crippen molar-refractivity contribution in [2.24, 2.45) is 0 Å². The van der Waals surface area contributed by atoms with E-state index in [4.69, 9.17) is 4.74 Å². The summed E-state index contributed by atoms with van der Waals surface area (Å²) in [6, 6.07) is 18.8. The highest BCUT2D eigenvalue weighted by Gasteiger charge is 2.24. The summed E-state index contributed by atoms with van der Waals surface area (Å²) in [7, 11) is 0. The lowest BCUT2D eigenvalue weighted by molar-refractivity contribution is -1.02. The maximum atomic E-state index is 12.5. The number of hydrogen-bond donors (Lipinski definition) is 3. The van der Waals surface area contributed by atoms with Crippen molar-refractivity contribution in [1.82, 2.24) is 0 Å². The van der Waals surface area contributed by atoms with E-state index in [0.717, 1.165) is 64.7 Å². The van der Waals surface area contributed by atoms with Crippen LogP contribution in [-0.2, 0) is 16.1 Å². The minimum atomic E-state index is 0.102. The van der Waals surface area contributed by atoms with Crippen LogP contribution in [0.5, 0.6) is 0 Å². The van der Waals surface area contributed by atoms with Gasteiger partial charge in [-0.25, -0.2) is 0 Å². The zero-order valence-electron chi connectivity index (χ0n) is 17.0.